The third-order valence-electron chi connectivity index (χ3n) is 8.61. The molecule has 4 rings (SSSR count). The van der Waals surface area contributed by atoms with Gasteiger partial charge in [0.25, 0.3) is 5.91 Å². The van der Waals surface area contributed by atoms with E-state index < -0.39 is 35.4 Å². The number of nitrogens with one attached hydrogen (secondary N) is 2. The summed E-state index contributed by atoms with van der Waals surface area (Å²) in [6.45, 7) is 2.68. The molecule has 2 aromatic heterocycles. The predicted octanol–water partition coefficient (Wildman–Crippen LogP) is 5.00. The van der Waals surface area contributed by atoms with E-state index in [9.17, 15) is 33.4 Å². The van der Waals surface area contributed by atoms with Crippen molar-refractivity contribution in [3.05, 3.63) is 71.7 Å². The summed E-state index contributed by atoms with van der Waals surface area (Å²) in [6, 6.07) is 8.02. The number of aromatic nitrogens is 3. The Bertz CT molecular complexity index is 1800. The lowest BCUT2D eigenvalue weighted by atomic mass is 9.75. The quantitative estimate of drug-likeness (QED) is 0.0826. The number of imidazole rings is 1. The standard InChI is InChI=1S/C35H42F2N6O6.H3N/c1-3-22-19-23(42-31-32-41-21-26(43(32)18-17-39-31)25-11-12-27(49-2)30(37)29(25)36)9-10-24(22)33(46)40-16-8-4-5-13-35(34(47)48,20-28(44)45)14-6-7-15-38;/h9-12,17-19,21H,3-8,13-16,20,38H2,1-2H3,(H,39,42)(H,40,46)(H,44,45)(H,47,48);1H3. The number of unbranched alkanes of at least 4 members (excludes halogenated alkanes) is 3. The summed E-state index contributed by atoms with van der Waals surface area (Å²) < 4.78 is 35.7. The fourth-order valence-electron chi connectivity index (χ4n) is 5.95. The number of amides is 1. The molecule has 13 nitrogen and oxygen atoms in total. The van der Waals surface area contributed by atoms with Crippen LogP contribution in [0.4, 0.5) is 20.3 Å². The molecule has 2 heterocycles. The number of carbonyl (C=O) groups is 3. The second kappa shape index (κ2) is 18.0. The molecule has 0 aliphatic rings. The van der Waals surface area contributed by atoms with Crippen LogP contribution in [0.15, 0.2) is 48.9 Å². The SMILES string of the molecule is CCc1cc(Nc2nccn3c(-c4ccc(OC)c(F)c4F)cnc23)ccc1C(=O)NCCCCCC(CCCCN)(CC(=O)O)C(=O)[O-].[NH4+]. The lowest BCUT2D eigenvalue weighted by molar-refractivity contribution is -0.320. The van der Waals surface area contributed by atoms with E-state index in [1.807, 2.05) is 13.0 Å². The number of nitrogens with two attached hydrogens (primary N) is 1. The molecule has 4 aromatic rings. The minimum Gasteiger partial charge on any atom is -0.550 e. The summed E-state index contributed by atoms with van der Waals surface area (Å²) >= 11 is 0. The number of benzene rings is 2. The number of halogens is 2. The Morgan fingerprint density at radius 1 is 1.04 bits per heavy atom. The number of quaternary nitrogens is 1. The molecular formula is C35H45F2N7O6. The molecule has 1 atom stereocenters. The minimum absolute atomic E-state index is 0. The molecule has 9 N–H and O–H groups in total. The van der Waals surface area contributed by atoms with E-state index in [0.717, 1.165) is 5.56 Å². The summed E-state index contributed by atoms with van der Waals surface area (Å²) in [5.74, 6) is -4.78. The van der Waals surface area contributed by atoms with Gasteiger partial charge in [-0.05, 0) is 74.5 Å². The molecule has 0 spiro atoms. The molecule has 0 fully saturated rings. The third kappa shape index (κ3) is 9.09. The van der Waals surface area contributed by atoms with Gasteiger partial charge >= 0.3 is 5.97 Å². The van der Waals surface area contributed by atoms with Gasteiger partial charge in [-0.25, -0.2) is 14.4 Å². The lowest BCUT2D eigenvalue weighted by Gasteiger charge is -2.34. The fraction of sp³-hybridized carbons (Fsp3) is 0.400. The molecular weight excluding hydrogens is 652 g/mol. The molecule has 0 saturated heterocycles. The van der Waals surface area contributed by atoms with Crippen LogP contribution < -0.4 is 32.4 Å². The van der Waals surface area contributed by atoms with Crippen molar-refractivity contribution in [1.29, 1.82) is 0 Å². The first kappa shape index (κ1) is 39.3. The molecule has 0 bridgehead atoms. The number of rotatable bonds is 19. The minimum atomic E-state index is -1.44. The van der Waals surface area contributed by atoms with E-state index in [1.165, 1.54) is 31.6 Å². The Morgan fingerprint density at radius 3 is 2.44 bits per heavy atom. The smallest absolute Gasteiger partial charge is 0.304 e. The maximum atomic E-state index is 14.9. The highest BCUT2D eigenvalue weighted by Crippen LogP contribution is 2.35. The first-order valence-corrected chi connectivity index (χ1v) is 16.2. The van der Waals surface area contributed by atoms with Gasteiger partial charge < -0.3 is 42.3 Å². The number of aliphatic carboxylic acids is 2. The zero-order valence-electron chi connectivity index (χ0n) is 28.6. The highest BCUT2D eigenvalue weighted by molar-refractivity contribution is 5.96. The summed E-state index contributed by atoms with van der Waals surface area (Å²) in [5, 5.41) is 27.4. The predicted molar refractivity (Wildman–Crippen MR) is 183 cm³/mol. The van der Waals surface area contributed by atoms with Crippen molar-refractivity contribution in [3.63, 3.8) is 0 Å². The monoisotopic (exact) mass is 697 g/mol. The van der Waals surface area contributed by atoms with Crippen molar-refractivity contribution in [2.75, 3.05) is 25.5 Å². The number of hydrogen-bond acceptors (Lipinski definition) is 9. The fourth-order valence-corrected chi connectivity index (χ4v) is 5.95. The first-order chi connectivity index (χ1) is 23.5. The van der Waals surface area contributed by atoms with Gasteiger partial charge in [0.05, 0.1) is 25.4 Å². The number of carbonyl (C=O) groups excluding carboxylic acids is 2. The van der Waals surface area contributed by atoms with E-state index in [1.54, 1.807) is 22.7 Å². The number of aryl methyl sites for hydroxylation is 1. The molecule has 15 heteroatoms. The van der Waals surface area contributed by atoms with E-state index in [4.69, 9.17) is 10.5 Å². The Balaban J connectivity index is 0.00000676. The van der Waals surface area contributed by atoms with Crippen molar-refractivity contribution in [2.24, 2.45) is 11.1 Å². The summed E-state index contributed by atoms with van der Waals surface area (Å²) in [5.41, 5.74) is 6.70. The van der Waals surface area contributed by atoms with Crippen LogP contribution in [0.2, 0.25) is 0 Å². The van der Waals surface area contributed by atoms with E-state index in [2.05, 4.69) is 20.6 Å². The second-order valence-corrected chi connectivity index (χ2v) is 11.9. The van der Waals surface area contributed by atoms with Gasteiger partial charge in [0.15, 0.2) is 23.0 Å². The average Bonchev–Trinajstić information content (AvgIpc) is 3.51. The summed E-state index contributed by atoms with van der Waals surface area (Å²) in [4.78, 5) is 45.2. The zero-order chi connectivity index (χ0) is 35.6. The largest absolute Gasteiger partial charge is 0.550 e. The third-order valence-corrected chi connectivity index (χ3v) is 8.61. The maximum absolute atomic E-state index is 14.9. The lowest BCUT2D eigenvalue weighted by Crippen LogP contribution is -2.44. The Morgan fingerprint density at radius 2 is 1.78 bits per heavy atom. The summed E-state index contributed by atoms with van der Waals surface area (Å²) in [7, 11) is 1.26. The number of carboxylic acids is 2. The number of ether oxygens (including phenoxy) is 1. The molecule has 1 unspecified atom stereocenters. The number of methoxy groups -OCH3 is 1. The molecule has 0 aliphatic heterocycles. The Labute approximate surface area is 288 Å². The van der Waals surface area contributed by atoms with Crippen molar-refractivity contribution in [3.8, 4) is 17.0 Å². The molecule has 50 heavy (non-hydrogen) atoms. The van der Waals surface area contributed by atoms with E-state index in [-0.39, 0.29) is 36.2 Å². The van der Waals surface area contributed by atoms with E-state index in [0.29, 0.717) is 80.0 Å². The topological polar surface area (TPSA) is 220 Å². The van der Waals surface area contributed by atoms with Crippen LogP contribution in [-0.2, 0) is 16.0 Å². The molecule has 1 amide bonds. The van der Waals surface area contributed by atoms with Gasteiger partial charge in [-0.15, -0.1) is 0 Å². The highest BCUT2D eigenvalue weighted by atomic mass is 19.2. The second-order valence-electron chi connectivity index (χ2n) is 11.9. The molecule has 0 radical (unpaired) electrons. The van der Waals surface area contributed by atoms with Gasteiger partial charge in [0, 0.05) is 47.1 Å². The zero-order valence-corrected chi connectivity index (χ0v) is 28.6. The van der Waals surface area contributed by atoms with Crippen LogP contribution >= 0.6 is 0 Å². The number of fused-ring (bicyclic) bond motifs is 1. The van der Waals surface area contributed by atoms with Gasteiger partial charge in [-0.1, -0.05) is 26.2 Å². The van der Waals surface area contributed by atoms with Gasteiger partial charge in [-0.3, -0.25) is 14.0 Å². The Hall–Kier alpha value is -5.15. The highest BCUT2D eigenvalue weighted by Gasteiger charge is 2.33. The molecule has 0 saturated carbocycles. The van der Waals surface area contributed by atoms with Gasteiger partial charge in [-0.2, -0.15) is 4.39 Å². The number of hydrogen-bond donors (Lipinski definition) is 5. The van der Waals surface area contributed by atoms with Crippen LogP contribution in [0.25, 0.3) is 16.9 Å². The van der Waals surface area contributed by atoms with Crippen molar-refractivity contribution >= 4 is 35.0 Å². The van der Waals surface area contributed by atoms with Crippen LogP contribution in [-0.4, -0.2) is 57.5 Å². The van der Waals surface area contributed by atoms with Crippen LogP contribution in [0.3, 0.4) is 0 Å². The van der Waals surface area contributed by atoms with E-state index >= 15 is 0 Å². The number of anilines is 2. The van der Waals surface area contributed by atoms with Crippen LogP contribution in [0.1, 0.15) is 74.2 Å². The van der Waals surface area contributed by atoms with Gasteiger partial charge in [0.2, 0.25) is 5.82 Å². The van der Waals surface area contributed by atoms with Gasteiger partial charge in [0.1, 0.15) is 0 Å². The van der Waals surface area contributed by atoms with Crippen LogP contribution in [0.5, 0.6) is 5.75 Å². The molecule has 2 aromatic carbocycles. The average molecular weight is 698 g/mol. The molecule has 0 aliphatic carbocycles. The first-order valence-electron chi connectivity index (χ1n) is 16.2. The normalized spacial score (nSPS) is 12.2. The maximum Gasteiger partial charge on any atom is 0.304 e. The van der Waals surface area contributed by atoms with Crippen molar-refractivity contribution in [2.45, 2.75) is 64.7 Å². The van der Waals surface area contributed by atoms with Crippen molar-refractivity contribution < 1.29 is 38.1 Å². The number of carboxylic acid groups (broad SMARTS) is 2. The summed E-state index contributed by atoms with van der Waals surface area (Å²) in [6.07, 6.45) is 7.73. The number of nitrogens with zero attached hydrogens (tertiary/aromatic N) is 3. The molecule has 270 valence electrons. The van der Waals surface area contributed by atoms with Crippen molar-refractivity contribution in [1.82, 2.24) is 25.8 Å². The van der Waals surface area contributed by atoms with Crippen LogP contribution in [0, 0.1) is 17.0 Å². The Kier molecular flexibility index (Phi) is 14.2.